The number of para-hydroxylation sites is 2. The molecule has 25 heavy (non-hydrogen) atoms. The number of rotatable bonds is 5. The van der Waals surface area contributed by atoms with Gasteiger partial charge in [0.2, 0.25) is 5.91 Å². The Bertz CT molecular complexity index is 892. The number of methoxy groups -OCH3 is 1. The molecule has 0 aliphatic rings. The Morgan fingerprint density at radius 1 is 1.00 bits per heavy atom. The van der Waals surface area contributed by atoms with E-state index in [1.54, 1.807) is 7.11 Å². The molecule has 0 unspecified atom stereocenters. The molecule has 1 amide bonds. The summed E-state index contributed by atoms with van der Waals surface area (Å²) >= 11 is 0. The fourth-order valence-electron chi connectivity index (χ4n) is 2.78. The standard InChI is InChI=1S/C21H22N2O2/c1-15(21(24)22-19-10-6-7-11-20(19)25-3)23(2)18-13-12-16-8-4-5-9-17(16)14-18/h4-15H,1-3H3,(H,22,24)/t15-/m0/s1. The number of benzene rings is 3. The van der Waals surface area contributed by atoms with Crippen LogP contribution >= 0.6 is 0 Å². The van der Waals surface area contributed by atoms with Crippen molar-refractivity contribution in [3.05, 3.63) is 66.7 Å². The summed E-state index contributed by atoms with van der Waals surface area (Å²) in [5.41, 5.74) is 1.68. The highest BCUT2D eigenvalue weighted by Crippen LogP contribution is 2.25. The van der Waals surface area contributed by atoms with Gasteiger partial charge in [-0.3, -0.25) is 4.79 Å². The van der Waals surface area contributed by atoms with Crippen molar-refractivity contribution in [3.63, 3.8) is 0 Å². The lowest BCUT2D eigenvalue weighted by Crippen LogP contribution is -2.39. The lowest BCUT2D eigenvalue weighted by atomic mass is 10.1. The molecule has 0 aliphatic heterocycles. The molecule has 0 spiro atoms. The van der Waals surface area contributed by atoms with Gasteiger partial charge in [0.25, 0.3) is 0 Å². The summed E-state index contributed by atoms with van der Waals surface area (Å²) in [5, 5.41) is 5.29. The van der Waals surface area contributed by atoms with E-state index in [2.05, 4.69) is 29.6 Å². The van der Waals surface area contributed by atoms with Gasteiger partial charge in [-0.25, -0.2) is 0 Å². The number of carbonyl (C=O) groups excluding carboxylic acids is 1. The molecule has 0 heterocycles. The van der Waals surface area contributed by atoms with Gasteiger partial charge in [0.15, 0.2) is 0 Å². The maximum Gasteiger partial charge on any atom is 0.246 e. The molecule has 0 saturated carbocycles. The Balaban J connectivity index is 1.78. The highest BCUT2D eigenvalue weighted by molar-refractivity contribution is 5.98. The topological polar surface area (TPSA) is 41.6 Å². The summed E-state index contributed by atoms with van der Waals surface area (Å²) < 4.78 is 5.29. The van der Waals surface area contributed by atoms with E-state index in [0.717, 1.165) is 11.1 Å². The molecule has 4 heteroatoms. The average molecular weight is 334 g/mol. The Labute approximate surface area is 148 Å². The van der Waals surface area contributed by atoms with E-state index in [1.807, 2.05) is 61.3 Å². The van der Waals surface area contributed by atoms with Crippen LogP contribution in [0.4, 0.5) is 11.4 Å². The van der Waals surface area contributed by atoms with Gasteiger partial charge in [-0.2, -0.15) is 0 Å². The first-order chi connectivity index (χ1) is 12.1. The highest BCUT2D eigenvalue weighted by Gasteiger charge is 2.19. The Hall–Kier alpha value is -3.01. The number of hydrogen-bond donors (Lipinski definition) is 1. The van der Waals surface area contributed by atoms with E-state index in [1.165, 1.54) is 5.39 Å². The predicted octanol–water partition coefficient (Wildman–Crippen LogP) is 4.31. The van der Waals surface area contributed by atoms with Crippen LogP contribution in [0.1, 0.15) is 6.92 Å². The number of nitrogens with zero attached hydrogens (tertiary/aromatic N) is 1. The van der Waals surface area contributed by atoms with Crippen molar-refractivity contribution in [1.29, 1.82) is 0 Å². The zero-order chi connectivity index (χ0) is 17.8. The van der Waals surface area contributed by atoms with Crippen LogP contribution in [0.25, 0.3) is 10.8 Å². The van der Waals surface area contributed by atoms with Crippen molar-refractivity contribution in [3.8, 4) is 5.75 Å². The van der Waals surface area contributed by atoms with Crippen LogP contribution in [0, 0.1) is 0 Å². The molecule has 0 fully saturated rings. The van der Waals surface area contributed by atoms with Crippen LogP contribution < -0.4 is 15.0 Å². The van der Waals surface area contributed by atoms with Crippen molar-refractivity contribution in [1.82, 2.24) is 0 Å². The number of fused-ring (bicyclic) bond motifs is 1. The molecule has 4 nitrogen and oxygen atoms in total. The van der Waals surface area contributed by atoms with E-state index in [-0.39, 0.29) is 11.9 Å². The molecule has 1 atom stereocenters. The third-order valence-corrected chi connectivity index (χ3v) is 4.47. The van der Waals surface area contributed by atoms with Gasteiger partial charge in [0.05, 0.1) is 12.8 Å². The molecule has 0 bridgehead atoms. The summed E-state index contributed by atoms with van der Waals surface area (Å²) in [6.45, 7) is 1.89. The molecule has 128 valence electrons. The van der Waals surface area contributed by atoms with Gasteiger partial charge in [0.1, 0.15) is 11.8 Å². The van der Waals surface area contributed by atoms with Crippen molar-refractivity contribution in [2.24, 2.45) is 0 Å². The second kappa shape index (κ2) is 7.26. The zero-order valence-electron chi connectivity index (χ0n) is 14.7. The van der Waals surface area contributed by atoms with Crippen molar-refractivity contribution in [2.75, 3.05) is 24.4 Å². The lowest BCUT2D eigenvalue weighted by molar-refractivity contribution is -0.117. The van der Waals surface area contributed by atoms with Crippen LogP contribution in [-0.4, -0.2) is 26.1 Å². The summed E-state index contributed by atoms with van der Waals surface area (Å²) in [5.74, 6) is 0.566. The summed E-state index contributed by atoms with van der Waals surface area (Å²) in [6.07, 6.45) is 0. The molecule has 1 N–H and O–H groups in total. The maximum atomic E-state index is 12.7. The van der Waals surface area contributed by atoms with Gasteiger partial charge < -0.3 is 15.0 Å². The Morgan fingerprint density at radius 2 is 1.68 bits per heavy atom. The fraction of sp³-hybridized carbons (Fsp3) is 0.190. The van der Waals surface area contributed by atoms with E-state index < -0.39 is 0 Å². The molecule has 0 saturated heterocycles. The molecule has 0 aromatic heterocycles. The van der Waals surface area contributed by atoms with E-state index in [4.69, 9.17) is 4.74 Å². The van der Waals surface area contributed by atoms with Gasteiger partial charge in [-0.1, -0.05) is 42.5 Å². The van der Waals surface area contributed by atoms with E-state index in [9.17, 15) is 4.79 Å². The average Bonchev–Trinajstić information content (AvgIpc) is 2.66. The zero-order valence-corrected chi connectivity index (χ0v) is 14.7. The quantitative estimate of drug-likeness (QED) is 0.756. The first kappa shape index (κ1) is 16.8. The largest absolute Gasteiger partial charge is 0.495 e. The van der Waals surface area contributed by atoms with E-state index in [0.29, 0.717) is 11.4 Å². The van der Waals surface area contributed by atoms with Crippen molar-refractivity contribution < 1.29 is 9.53 Å². The van der Waals surface area contributed by atoms with Gasteiger partial charge in [-0.05, 0) is 42.0 Å². The fourth-order valence-corrected chi connectivity index (χ4v) is 2.78. The number of ether oxygens (including phenoxy) is 1. The molecular formula is C21H22N2O2. The Kier molecular flexibility index (Phi) is 4.89. The minimum Gasteiger partial charge on any atom is -0.495 e. The number of likely N-dealkylation sites (N-methyl/N-ethyl adjacent to an activating group) is 1. The molecule has 3 aromatic rings. The highest BCUT2D eigenvalue weighted by atomic mass is 16.5. The Morgan fingerprint density at radius 3 is 2.44 bits per heavy atom. The number of carbonyl (C=O) groups is 1. The first-order valence-corrected chi connectivity index (χ1v) is 8.25. The van der Waals surface area contributed by atoms with Crippen LogP contribution in [0.5, 0.6) is 5.75 Å². The number of hydrogen-bond acceptors (Lipinski definition) is 3. The molecule has 3 rings (SSSR count). The normalized spacial score (nSPS) is 11.8. The maximum absolute atomic E-state index is 12.7. The van der Waals surface area contributed by atoms with Crippen LogP contribution in [0.2, 0.25) is 0 Å². The predicted molar refractivity (Wildman–Crippen MR) is 103 cm³/mol. The summed E-state index contributed by atoms with van der Waals surface area (Å²) in [4.78, 5) is 14.6. The van der Waals surface area contributed by atoms with Crippen molar-refractivity contribution in [2.45, 2.75) is 13.0 Å². The number of nitrogens with one attached hydrogen (secondary N) is 1. The van der Waals surface area contributed by atoms with Crippen molar-refractivity contribution >= 4 is 28.1 Å². The first-order valence-electron chi connectivity index (χ1n) is 8.25. The monoisotopic (exact) mass is 334 g/mol. The second-order valence-corrected chi connectivity index (χ2v) is 6.01. The van der Waals surface area contributed by atoms with Crippen LogP contribution in [0.3, 0.4) is 0 Å². The second-order valence-electron chi connectivity index (χ2n) is 6.01. The molecular weight excluding hydrogens is 312 g/mol. The molecule has 0 radical (unpaired) electrons. The minimum absolute atomic E-state index is 0.0832. The van der Waals surface area contributed by atoms with Crippen LogP contribution in [-0.2, 0) is 4.79 Å². The summed E-state index contributed by atoms with van der Waals surface area (Å²) in [6, 6.07) is 21.5. The SMILES string of the molecule is COc1ccccc1NC(=O)[C@H](C)N(C)c1ccc2ccccc2c1. The van der Waals surface area contributed by atoms with E-state index >= 15 is 0 Å². The third kappa shape index (κ3) is 3.58. The molecule has 3 aromatic carbocycles. The van der Waals surface area contributed by atoms with Gasteiger partial charge in [0, 0.05) is 12.7 Å². The van der Waals surface area contributed by atoms with Gasteiger partial charge >= 0.3 is 0 Å². The van der Waals surface area contributed by atoms with Crippen LogP contribution in [0.15, 0.2) is 66.7 Å². The minimum atomic E-state index is -0.328. The lowest BCUT2D eigenvalue weighted by Gasteiger charge is -2.26. The third-order valence-electron chi connectivity index (χ3n) is 4.47. The smallest absolute Gasteiger partial charge is 0.246 e. The van der Waals surface area contributed by atoms with Gasteiger partial charge in [-0.15, -0.1) is 0 Å². The number of anilines is 2. The molecule has 0 aliphatic carbocycles. The number of amides is 1. The summed E-state index contributed by atoms with van der Waals surface area (Å²) in [7, 11) is 3.52.